The van der Waals surface area contributed by atoms with Crippen molar-refractivity contribution in [3.05, 3.63) is 29.6 Å². The van der Waals surface area contributed by atoms with Gasteiger partial charge in [0.05, 0.1) is 18.4 Å². The number of benzene rings is 1. The fourth-order valence-electron chi connectivity index (χ4n) is 0.924. The molecule has 0 amide bonds. The summed E-state index contributed by atoms with van der Waals surface area (Å²) in [5.41, 5.74) is 0.903. The zero-order valence-corrected chi connectivity index (χ0v) is 10.6. The van der Waals surface area contributed by atoms with Crippen LogP contribution in [0.2, 0.25) is 0 Å². The number of halogens is 4. The van der Waals surface area contributed by atoms with Crippen molar-refractivity contribution >= 4 is 5.69 Å². The molecule has 1 aromatic rings. The van der Waals surface area contributed by atoms with Crippen molar-refractivity contribution in [2.24, 2.45) is 0 Å². The molecule has 0 fully saturated rings. The summed E-state index contributed by atoms with van der Waals surface area (Å²) >= 11 is 0. The summed E-state index contributed by atoms with van der Waals surface area (Å²) in [5.74, 6) is -1.31. The number of hydrogen-bond acceptors (Lipinski definition) is 2. The first-order valence-corrected chi connectivity index (χ1v) is 5.52. The highest BCUT2D eigenvalue weighted by Crippen LogP contribution is 2.32. The van der Waals surface area contributed by atoms with Crippen LogP contribution in [0.5, 0.6) is 0 Å². The summed E-state index contributed by atoms with van der Waals surface area (Å²) in [6.45, 7) is 4.36. The van der Waals surface area contributed by atoms with Crippen LogP contribution >= 0.6 is 0 Å². The lowest BCUT2D eigenvalue weighted by molar-refractivity contribution is -0.139. The van der Waals surface area contributed by atoms with E-state index in [1.54, 1.807) is 0 Å². The van der Waals surface area contributed by atoms with Crippen molar-refractivity contribution in [2.75, 3.05) is 12.6 Å². The van der Waals surface area contributed by atoms with Crippen molar-refractivity contribution in [1.82, 2.24) is 0 Å². The Morgan fingerprint density at radius 2 is 1.72 bits per heavy atom. The Hall–Kier alpha value is -1.30. The smallest absolute Gasteiger partial charge is 0.279 e. The van der Waals surface area contributed by atoms with Gasteiger partial charge in [-0.1, -0.05) is 26.7 Å². The largest absolute Gasteiger partial charge is 0.419 e. The van der Waals surface area contributed by atoms with E-state index in [0.29, 0.717) is 6.07 Å². The summed E-state index contributed by atoms with van der Waals surface area (Å²) in [5, 5.41) is 0. The van der Waals surface area contributed by atoms with E-state index >= 15 is 0 Å². The van der Waals surface area contributed by atoms with Crippen molar-refractivity contribution in [2.45, 2.75) is 32.9 Å². The molecule has 1 rings (SSSR count). The van der Waals surface area contributed by atoms with Gasteiger partial charge in [-0.05, 0) is 18.2 Å². The number of alkyl halides is 3. The second kappa shape index (κ2) is 7.92. The number of unbranched alkanes of at least 4 members (excludes halogenated alkanes) is 1. The molecule has 0 unspecified atom stereocenters. The molecule has 0 aliphatic rings. The zero-order valence-electron chi connectivity index (χ0n) is 10.6. The molecule has 0 saturated carbocycles. The van der Waals surface area contributed by atoms with Gasteiger partial charge in [-0.25, -0.2) is 4.39 Å². The molecule has 0 bridgehead atoms. The number of anilines is 1. The maximum atomic E-state index is 12.7. The Labute approximate surface area is 104 Å². The third kappa shape index (κ3) is 5.86. The van der Waals surface area contributed by atoms with Gasteiger partial charge in [0.25, 0.3) is 0 Å². The summed E-state index contributed by atoms with van der Waals surface area (Å²) in [4.78, 5) is 4.40. The minimum Gasteiger partial charge on any atom is -0.279 e. The first-order valence-electron chi connectivity index (χ1n) is 5.52. The van der Waals surface area contributed by atoms with Crippen LogP contribution in [0, 0.1) is 5.82 Å². The first-order chi connectivity index (χ1) is 8.36. The quantitative estimate of drug-likeness (QED) is 0.637. The number of hydrogen-bond donors (Lipinski definition) is 1. The van der Waals surface area contributed by atoms with Crippen LogP contribution in [0.1, 0.15) is 32.3 Å². The Morgan fingerprint density at radius 3 is 2.11 bits per heavy atom. The van der Waals surface area contributed by atoms with E-state index in [1.807, 2.05) is 0 Å². The van der Waals surface area contributed by atoms with Gasteiger partial charge in [0.2, 0.25) is 0 Å². The van der Waals surface area contributed by atoms with Crippen molar-refractivity contribution in [1.29, 1.82) is 0 Å². The van der Waals surface area contributed by atoms with Crippen LogP contribution in [0.3, 0.4) is 0 Å². The number of nitrogens with one attached hydrogen (secondary N) is 1. The molecule has 18 heavy (non-hydrogen) atoms. The number of rotatable bonds is 3. The van der Waals surface area contributed by atoms with Crippen LogP contribution < -0.4 is 5.48 Å². The minimum absolute atomic E-state index is 0.0428. The Kier molecular flexibility index (Phi) is 7.35. The molecule has 1 aromatic carbocycles. The highest BCUT2D eigenvalue weighted by molar-refractivity contribution is 5.45. The lowest BCUT2D eigenvalue weighted by atomic mass is 10.2. The predicted molar refractivity (Wildman–Crippen MR) is 62.6 cm³/mol. The lowest BCUT2D eigenvalue weighted by Crippen LogP contribution is -2.09. The Morgan fingerprint density at radius 1 is 1.17 bits per heavy atom. The maximum Gasteiger partial charge on any atom is 0.419 e. The monoisotopic (exact) mass is 267 g/mol. The van der Waals surface area contributed by atoms with E-state index in [9.17, 15) is 17.6 Å². The van der Waals surface area contributed by atoms with E-state index < -0.39 is 17.6 Å². The molecule has 0 heterocycles. The van der Waals surface area contributed by atoms with Gasteiger partial charge in [0.1, 0.15) is 5.82 Å². The molecule has 1 N–H and O–H groups in total. The van der Waals surface area contributed by atoms with Gasteiger partial charge in [0.15, 0.2) is 0 Å². The van der Waals surface area contributed by atoms with Gasteiger partial charge in [-0.3, -0.25) is 10.3 Å². The summed E-state index contributed by atoms with van der Waals surface area (Å²) in [6.07, 6.45) is -2.06. The maximum absolute atomic E-state index is 12.7. The van der Waals surface area contributed by atoms with Gasteiger partial charge < -0.3 is 0 Å². The van der Waals surface area contributed by atoms with Crippen LogP contribution in [-0.2, 0) is 11.0 Å². The van der Waals surface area contributed by atoms with E-state index in [-0.39, 0.29) is 5.69 Å². The molecular formula is C12H17F4NO. The molecule has 0 radical (unpaired) electrons. The van der Waals surface area contributed by atoms with Crippen LogP contribution in [0.4, 0.5) is 23.2 Å². The first kappa shape index (κ1) is 16.7. The molecule has 0 aliphatic carbocycles. The molecule has 0 aromatic heterocycles. The highest BCUT2D eigenvalue weighted by atomic mass is 19.4. The van der Waals surface area contributed by atoms with Crippen molar-refractivity contribution < 1.29 is 22.4 Å². The third-order valence-corrected chi connectivity index (χ3v) is 1.99. The Bertz CT molecular complexity index is 350. The predicted octanol–water partition coefficient (Wildman–Crippen LogP) is 4.62. The van der Waals surface area contributed by atoms with Crippen molar-refractivity contribution in [3.8, 4) is 0 Å². The van der Waals surface area contributed by atoms with Crippen LogP contribution in [0.25, 0.3) is 0 Å². The fourth-order valence-corrected chi connectivity index (χ4v) is 0.924. The topological polar surface area (TPSA) is 21.3 Å². The average Bonchev–Trinajstić information content (AvgIpc) is 2.31. The highest BCUT2D eigenvalue weighted by Gasteiger charge is 2.34. The minimum atomic E-state index is -4.70. The van der Waals surface area contributed by atoms with Gasteiger partial charge >= 0.3 is 6.18 Å². The molecule has 0 atom stereocenters. The summed E-state index contributed by atoms with van der Waals surface area (Å²) in [6, 6.07) is 2.51. The van der Waals surface area contributed by atoms with Gasteiger partial charge in [0, 0.05) is 0 Å². The lowest BCUT2D eigenvalue weighted by Gasteiger charge is -2.10. The molecule has 104 valence electrons. The molecule has 0 saturated heterocycles. The van der Waals surface area contributed by atoms with Gasteiger partial charge in [-0.2, -0.15) is 13.2 Å². The van der Waals surface area contributed by atoms with Crippen molar-refractivity contribution in [3.63, 3.8) is 0 Å². The third-order valence-electron chi connectivity index (χ3n) is 1.99. The molecule has 6 heteroatoms. The summed E-state index contributed by atoms with van der Waals surface area (Å²) < 4.78 is 49.2. The molecular weight excluding hydrogens is 250 g/mol. The molecule has 0 aliphatic heterocycles. The van der Waals surface area contributed by atoms with E-state index in [1.165, 1.54) is 20.0 Å². The zero-order chi connectivity index (χ0) is 14.2. The molecule has 2 nitrogen and oxygen atoms in total. The SMILES string of the molecule is CCCC.CONc1ccc(F)c(C(F)(F)F)c1. The van der Waals surface area contributed by atoms with Gasteiger partial charge in [-0.15, -0.1) is 0 Å². The normalized spacial score (nSPS) is 10.6. The standard InChI is InChI=1S/C8H7F4NO.C4H10/c1-14-13-5-2-3-7(9)6(4-5)8(10,11)12;1-3-4-2/h2-4,13H,1H3;3-4H2,1-2H3. The molecule has 0 spiro atoms. The summed E-state index contributed by atoms with van der Waals surface area (Å²) in [7, 11) is 1.25. The van der Waals surface area contributed by atoms with Crippen LogP contribution in [-0.4, -0.2) is 7.11 Å². The van der Waals surface area contributed by atoms with E-state index in [4.69, 9.17) is 0 Å². The average molecular weight is 267 g/mol. The van der Waals surface area contributed by atoms with E-state index in [2.05, 4.69) is 24.2 Å². The second-order valence-electron chi connectivity index (χ2n) is 3.50. The second-order valence-corrected chi connectivity index (χ2v) is 3.50. The van der Waals surface area contributed by atoms with E-state index in [0.717, 1.165) is 12.1 Å². The Balaban J connectivity index is 0.000000631. The fraction of sp³-hybridized carbons (Fsp3) is 0.500. The van der Waals surface area contributed by atoms with Crippen LogP contribution in [0.15, 0.2) is 18.2 Å².